The van der Waals surface area contributed by atoms with Gasteiger partial charge in [-0.2, -0.15) is 14.3 Å². The van der Waals surface area contributed by atoms with Gasteiger partial charge in [-0.25, -0.2) is 22.3 Å². The standard InChI is InChI=1S/C20H15FN6O2S/c1-23-18-7-6-14(9-17(18)21)19-10-20(22)25-27(19)16-5-3-4-13(8-16)15-11-24-26(12-15)30(2,28)29/h3-12H,2H3,(H2,22,25). The van der Waals surface area contributed by atoms with E-state index in [4.69, 9.17) is 12.3 Å². The van der Waals surface area contributed by atoms with E-state index in [0.717, 1.165) is 15.9 Å². The molecule has 150 valence electrons. The maximum absolute atomic E-state index is 14.1. The smallest absolute Gasteiger partial charge is 0.250 e. The number of hydrogen-bond acceptors (Lipinski definition) is 5. The second kappa shape index (κ2) is 7.13. The highest BCUT2D eigenvalue weighted by molar-refractivity contribution is 7.89. The van der Waals surface area contributed by atoms with Gasteiger partial charge in [-0.3, -0.25) is 0 Å². The number of aromatic nitrogens is 4. The highest BCUT2D eigenvalue weighted by Gasteiger charge is 2.14. The van der Waals surface area contributed by atoms with Gasteiger partial charge in [-0.05, 0) is 23.8 Å². The maximum Gasteiger partial charge on any atom is 0.250 e. The summed E-state index contributed by atoms with van der Waals surface area (Å²) >= 11 is 0. The number of halogens is 1. The minimum atomic E-state index is -3.49. The van der Waals surface area contributed by atoms with Crippen molar-refractivity contribution in [2.45, 2.75) is 0 Å². The summed E-state index contributed by atoms with van der Waals surface area (Å²) in [6.45, 7) is 6.99. The molecule has 0 saturated carbocycles. The average Bonchev–Trinajstić information content (AvgIpc) is 3.35. The fourth-order valence-electron chi connectivity index (χ4n) is 3.01. The zero-order chi connectivity index (χ0) is 21.5. The van der Waals surface area contributed by atoms with E-state index in [1.54, 1.807) is 35.0 Å². The van der Waals surface area contributed by atoms with Crippen LogP contribution in [0.5, 0.6) is 0 Å². The summed E-state index contributed by atoms with van der Waals surface area (Å²) in [6, 6.07) is 13.1. The van der Waals surface area contributed by atoms with Crippen molar-refractivity contribution in [2.75, 3.05) is 12.0 Å². The Hall–Kier alpha value is -3.97. The van der Waals surface area contributed by atoms with Crippen molar-refractivity contribution in [1.82, 2.24) is 19.0 Å². The molecule has 0 bridgehead atoms. The third-order valence-electron chi connectivity index (χ3n) is 4.42. The van der Waals surface area contributed by atoms with E-state index in [9.17, 15) is 12.8 Å². The van der Waals surface area contributed by atoms with Crippen LogP contribution in [-0.4, -0.2) is 33.6 Å². The molecule has 2 heterocycles. The number of hydrogen-bond donors (Lipinski definition) is 1. The van der Waals surface area contributed by atoms with E-state index in [1.165, 1.54) is 24.5 Å². The Morgan fingerprint density at radius 1 is 1.10 bits per heavy atom. The van der Waals surface area contributed by atoms with Gasteiger partial charge in [0.2, 0.25) is 5.69 Å². The van der Waals surface area contributed by atoms with Crippen LogP contribution in [0.1, 0.15) is 0 Å². The van der Waals surface area contributed by atoms with Gasteiger partial charge in [-0.1, -0.05) is 24.3 Å². The SMILES string of the molecule is [C-]#[N+]c1ccc(-c2cc(N)nn2-c2cccc(-c3cnn(S(C)(=O)=O)c3)c2)cc1F. The third-order valence-corrected chi connectivity index (χ3v) is 5.30. The van der Waals surface area contributed by atoms with Crippen molar-refractivity contribution < 1.29 is 12.8 Å². The summed E-state index contributed by atoms with van der Waals surface area (Å²) in [5.74, 6) is -0.384. The van der Waals surface area contributed by atoms with Crippen LogP contribution >= 0.6 is 0 Å². The van der Waals surface area contributed by atoms with Crippen molar-refractivity contribution in [3.05, 3.63) is 78.2 Å². The monoisotopic (exact) mass is 422 g/mol. The van der Waals surface area contributed by atoms with E-state index in [2.05, 4.69) is 15.0 Å². The van der Waals surface area contributed by atoms with Crippen LogP contribution in [0, 0.1) is 12.4 Å². The molecule has 0 radical (unpaired) electrons. The maximum atomic E-state index is 14.1. The lowest BCUT2D eigenvalue weighted by Crippen LogP contribution is -2.09. The summed E-state index contributed by atoms with van der Waals surface area (Å²) in [5.41, 5.74) is 8.86. The Labute approximate surface area is 171 Å². The van der Waals surface area contributed by atoms with Crippen molar-refractivity contribution in [3.8, 4) is 28.1 Å². The van der Waals surface area contributed by atoms with Crippen molar-refractivity contribution in [3.63, 3.8) is 0 Å². The molecule has 0 spiro atoms. The first-order valence-electron chi connectivity index (χ1n) is 8.65. The second-order valence-electron chi connectivity index (χ2n) is 6.56. The van der Waals surface area contributed by atoms with Gasteiger partial charge in [-0.15, -0.1) is 0 Å². The quantitative estimate of drug-likeness (QED) is 0.508. The topological polar surface area (TPSA) is 100 Å². The van der Waals surface area contributed by atoms with Gasteiger partial charge in [0.05, 0.1) is 36.6 Å². The Morgan fingerprint density at radius 2 is 1.90 bits per heavy atom. The normalized spacial score (nSPS) is 11.4. The van der Waals surface area contributed by atoms with E-state index in [-0.39, 0.29) is 11.5 Å². The molecule has 4 aromatic rings. The van der Waals surface area contributed by atoms with E-state index in [0.29, 0.717) is 22.5 Å². The van der Waals surface area contributed by atoms with Crippen molar-refractivity contribution >= 4 is 21.5 Å². The molecule has 0 fully saturated rings. The zero-order valence-electron chi connectivity index (χ0n) is 15.7. The Morgan fingerprint density at radius 3 is 2.57 bits per heavy atom. The fourth-order valence-corrected chi connectivity index (χ4v) is 3.53. The molecule has 4 rings (SSSR count). The predicted octanol–water partition coefficient (Wildman–Crippen LogP) is 3.48. The highest BCUT2D eigenvalue weighted by atomic mass is 32.2. The molecule has 2 aromatic carbocycles. The lowest BCUT2D eigenvalue weighted by Gasteiger charge is -2.09. The zero-order valence-corrected chi connectivity index (χ0v) is 16.5. The molecule has 8 nitrogen and oxygen atoms in total. The Bertz CT molecular complexity index is 1420. The summed E-state index contributed by atoms with van der Waals surface area (Å²) in [4.78, 5) is 3.13. The first kappa shape index (κ1) is 19.4. The highest BCUT2D eigenvalue weighted by Crippen LogP contribution is 2.30. The number of rotatable bonds is 4. The van der Waals surface area contributed by atoms with Crippen LogP contribution in [0.3, 0.4) is 0 Å². The van der Waals surface area contributed by atoms with Crippen molar-refractivity contribution in [2.24, 2.45) is 0 Å². The molecule has 30 heavy (non-hydrogen) atoms. The Balaban J connectivity index is 1.80. The van der Waals surface area contributed by atoms with Gasteiger partial charge >= 0.3 is 0 Å². The third kappa shape index (κ3) is 3.54. The van der Waals surface area contributed by atoms with Crippen molar-refractivity contribution in [1.29, 1.82) is 0 Å². The summed E-state index contributed by atoms with van der Waals surface area (Å²) in [7, 11) is -3.49. The molecular weight excluding hydrogens is 407 g/mol. The minimum Gasteiger partial charge on any atom is -0.382 e. The van der Waals surface area contributed by atoms with Gasteiger partial charge in [0, 0.05) is 17.2 Å². The number of nitrogens with two attached hydrogens (primary N) is 1. The van der Waals surface area contributed by atoms with Crippen LogP contribution in [0.2, 0.25) is 0 Å². The lowest BCUT2D eigenvalue weighted by molar-refractivity contribution is 0.586. The molecule has 0 atom stereocenters. The van der Waals surface area contributed by atoms with Crippen LogP contribution in [0.15, 0.2) is 60.9 Å². The lowest BCUT2D eigenvalue weighted by atomic mass is 10.1. The van der Waals surface area contributed by atoms with E-state index < -0.39 is 15.8 Å². The predicted molar refractivity (Wildman–Crippen MR) is 111 cm³/mol. The molecule has 0 aliphatic carbocycles. The van der Waals surface area contributed by atoms with Crippen LogP contribution in [-0.2, 0) is 10.0 Å². The molecule has 10 heteroatoms. The van der Waals surface area contributed by atoms with E-state index >= 15 is 0 Å². The largest absolute Gasteiger partial charge is 0.382 e. The average molecular weight is 422 g/mol. The fraction of sp³-hybridized carbons (Fsp3) is 0.0500. The van der Waals surface area contributed by atoms with Gasteiger partial charge in [0.1, 0.15) is 11.6 Å². The van der Waals surface area contributed by atoms with Gasteiger partial charge in [0.25, 0.3) is 10.0 Å². The summed E-state index contributed by atoms with van der Waals surface area (Å²) < 4.78 is 39.9. The number of benzene rings is 2. The first-order chi connectivity index (χ1) is 14.3. The van der Waals surface area contributed by atoms with Gasteiger partial charge in [0.15, 0.2) is 0 Å². The van der Waals surface area contributed by atoms with Crippen LogP contribution in [0.25, 0.3) is 32.9 Å². The summed E-state index contributed by atoms with van der Waals surface area (Å²) in [5, 5.41) is 8.19. The summed E-state index contributed by atoms with van der Waals surface area (Å²) in [6.07, 6.45) is 3.94. The molecule has 0 aliphatic rings. The molecule has 0 saturated heterocycles. The molecule has 2 aromatic heterocycles. The molecule has 0 aliphatic heterocycles. The van der Waals surface area contributed by atoms with Gasteiger partial charge < -0.3 is 5.73 Å². The molecular formula is C20H15FN6O2S. The second-order valence-corrected chi connectivity index (χ2v) is 8.40. The van der Waals surface area contributed by atoms with Crippen LogP contribution in [0.4, 0.5) is 15.9 Å². The number of nitrogen functional groups attached to an aromatic ring is 1. The first-order valence-corrected chi connectivity index (χ1v) is 10.5. The minimum absolute atomic E-state index is 0.0670. The number of anilines is 1. The molecule has 0 unspecified atom stereocenters. The molecule has 2 N–H and O–H groups in total. The van der Waals surface area contributed by atoms with Crippen LogP contribution < -0.4 is 5.73 Å². The van der Waals surface area contributed by atoms with E-state index in [1.807, 2.05) is 6.07 Å². The number of nitrogens with zero attached hydrogens (tertiary/aromatic N) is 5. The Kier molecular flexibility index (Phi) is 4.60. The molecule has 0 amide bonds.